The van der Waals surface area contributed by atoms with E-state index < -0.39 is 19.9 Å². The van der Waals surface area contributed by atoms with Gasteiger partial charge < -0.3 is 5.32 Å². The molecule has 2 aromatic heterocycles. The van der Waals surface area contributed by atoms with Crippen molar-refractivity contribution in [2.75, 3.05) is 16.3 Å². The highest BCUT2D eigenvalue weighted by molar-refractivity contribution is 9.10. The van der Waals surface area contributed by atoms with Crippen LogP contribution in [0, 0.1) is 0 Å². The van der Waals surface area contributed by atoms with Crippen LogP contribution in [0.2, 0.25) is 5.02 Å². The van der Waals surface area contributed by atoms with Gasteiger partial charge in [0.2, 0.25) is 0 Å². The zero-order chi connectivity index (χ0) is 27.8. The standard InChI is InChI=1S/C26H21BrClN5O4S2/c1-38(34,35)23-8-4-5-9-24(23)39(36,37)32-18-12-10-17(11-13-18)15-29-25-14-22(19-6-2-3-7-21(19)28)31-26-20(27)16-30-33(25)26/h2-14,16,29,32H,15H2,1H3. The molecule has 0 unspecified atom stereocenters. The first kappa shape index (κ1) is 27.1. The van der Waals surface area contributed by atoms with Crippen LogP contribution in [0.15, 0.2) is 99.3 Å². The number of sulfone groups is 1. The maximum Gasteiger partial charge on any atom is 0.263 e. The molecule has 5 aromatic rings. The first-order chi connectivity index (χ1) is 18.5. The summed E-state index contributed by atoms with van der Waals surface area (Å²) in [5.41, 5.74) is 3.24. The first-order valence-electron chi connectivity index (χ1n) is 11.5. The summed E-state index contributed by atoms with van der Waals surface area (Å²) < 4.78 is 54.9. The Hall–Kier alpha value is -3.45. The zero-order valence-electron chi connectivity index (χ0n) is 20.3. The first-order valence-corrected chi connectivity index (χ1v) is 16.0. The summed E-state index contributed by atoms with van der Waals surface area (Å²) in [7, 11) is -7.87. The second-order valence-corrected chi connectivity index (χ2v) is 13.5. The van der Waals surface area contributed by atoms with Crippen molar-refractivity contribution < 1.29 is 16.8 Å². The van der Waals surface area contributed by atoms with E-state index in [-0.39, 0.29) is 9.79 Å². The van der Waals surface area contributed by atoms with Crippen LogP contribution in [0.4, 0.5) is 11.5 Å². The Balaban J connectivity index is 1.37. The molecule has 3 aromatic carbocycles. The van der Waals surface area contributed by atoms with Crippen LogP contribution in [0.25, 0.3) is 16.9 Å². The van der Waals surface area contributed by atoms with Gasteiger partial charge in [-0.3, -0.25) is 4.72 Å². The van der Waals surface area contributed by atoms with Gasteiger partial charge in [0.15, 0.2) is 15.5 Å². The number of anilines is 2. The van der Waals surface area contributed by atoms with Crippen molar-refractivity contribution in [3.05, 3.63) is 100 Å². The van der Waals surface area contributed by atoms with Crippen molar-refractivity contribution >= 4 is 64.5 Å². The van der Waals surface area contributed by atoms with E-state index in [0.29, 0.717) is 34.4 Å². The number of benzene rings is 3. The normalized spacial score (nSPS) is 12.0. The van der Waals surface area contributed by atoms with Gasteiger partial charge >= 0.3 is 0 Å². The number of nitrogens with zero attached hydrogens (tertiary/aromatic N) is 3. The van der Waals surface area contributed by atoms with Crippen molar-refractivity contribution in [2.24, 2.45) is 0 Å². The number of rotatable bonds is 8. The number of hydrogen-bond donors (Lipinski definition) is 2. The average Bonchev–Trinajstić information content (AvgIpc) is 3.28. The average molecular weight is 647 g/mol. The van der Waals surface area contributed by atoms with Crippen LogP contribution in [-0.2, 0) is 26.4 Å². The third kappa shape index (κ3) is 5.78. The number of nitrogens with one attached hydrogen (secondary N) is 2. The minimum atomic E-state index is -4.13. The van der Waals surface area contributed by atoms with Crippen LogP contribution in [0.5, 0.6) is 0 Å². The molecule has 0 radical (unpaired) electrons. The van der Waals surface area contributed by atoms with E-state index in [1.165, 1.54) is 24.3 Å². The van der Waals surface area contributed by atoms with E-state index in [0.717, 1.165) is 21.9 Å². The molecule has 39 heavy (non-hydrogen) atoms. The van der Waals surface area contributed by atoms with Gasteiger partial charge in [0, 0.05) is 35.1 Å². The topological polar surface area (TPSA) is 123 Å². The molecule has 13 heteroatoms. The van der Waals surface area contributed by atoms with Gasteiger partial charge in [0.05, 0.1) is 21.3 Å². The minimum absolute atomic E-state index is 0.261. The summed E-state index contributed by atoms with van der Waals surface area (Å²) >= 11 is 9.90. The molecule has 0 fully saturated rings. The molecule has 9 nitrogen and oxygen atoms in total. The molecular formula is C26H21BrClN5O4S2. The molecule has 0 aliphatic carbocycles. The summed E-state index contributed by atoms with van der Waals surface area (Å²) in [6, 6.07) is 21.5. The number of sulfonamides is 1. The molecule has 0 saturated carbocycles. The smallest absolute Gasteiger partial charge is 0.263 e. The zero-order valence-corrected chi connectivity index (χ0v) is 24.3. The van der Waals surface area contributed by atoms with E-state index in [9.17, 15) is 16.8 Å². The minimum Gasteiger partial charge on any atom is -0.366 e. The van der Waals surface area contributed by atoms with Gasteiger partial charge in [-0.25, -0.2) is 21.8 Å². The summed E-state index contributed by atoms with van der Waals surface area (Å²) in [5, 5.41) is 8.32. The van der Waals surface area contributed by atoms with Crippen molar-refractivity contribution in [3.63, 3.8) is 0 Å². The van der Waals surface area contributed by atoms with Gasteiger partial charge in [-0.05, 0) is 51.8 Å². The molecule has 2 N–H and O–H groups in total. The lowest BCUT2D eigenvalue weighted by Crippen LogP contribution is -2.16. The molecule has 0 atom stereocenters. The van der Waals surface area contributed by atoms with E-state index in [4.69, 9.17) is 16.6 Å². The summed E-state index contributed by atoms with van der Waals surface area (Å²) in [6.07, 6.45) is 2.63. The molecule has 2 heterocycles. The van der Waals surface area contributed by atoms with Crippen LogP contribution >= 0.6 is 27.5 Å². The van der Waals surface area contributed by atoms with Crippen molar-refractivity contribution in [1.29, 1.82) is 0 Å². The monoisotopic (exact) mass is 645 g/mol. The fourth-order valence-electron chi connectivity index (χ4n) is 3.94. The quantitative estimate of drug-likeness (QED) is 0.224. The summed E-state index contributed by atoms with van der Waals surface area (Å²) in [5.74, 6) is 0.683. The molecule has 0 amide bonds. The maximum atomic E-state index is 12.9. The Labute approximate surface area is 239 Å². The molecule has 0 aliphatic rings. The van der Waals surface area contributed by atoms with Crippen LogP contribution in [0.1, 0.15) is 5.56 Å². The molecule has 0 aliphatic heterocycles. The molecule has 5 rings (SSSR count). The third-order valence-electron chi connectivity index (χ3n) is 5.80. The third-order valence-corrected chi connectivity index (χ3v) is 9.41. The summed E-state index contributed by atoms with van der Waals surface area (Å²) in [4.78, 5) is 4.13. The summed E-state index contributed by atoms with van der Waals surface area (Å²) in [6.45, 7) is 0.405. The Morgan fingerprint density at radius 2 is 1.59 bits per heavy atom. The molecule has 200 valence electrons. The number of hydrogen-bond acceptors (Lipinski definition) is 7. The molecular weight excluding hydrogens is 626 g/mol. The van der Waals surface area contributed by atoms with Crippen molar-refractivity contribution in [1.82, 2.24) is 14.6 Å². The van der Waals surface area contributed by atoms with E-state index >= 15 is 0 Å². The Kier molecular flexibility index (Phi) is 7.38. The highest BCUT2D eigenvalue weighted by Crippen LogP contribution is 2.30. The number of aromatic nitrogens is 3. The largest absolute Gasteiger partial charge is 0.366 e. The van der Waals surface area contributed by atoms with Gasteiger partial charge in [0.1, 0.15) is 10.7 Å². The number of halogens is 2. The Morgan fingerprint density at radius 3 is 2.28 bits per heavy atom. The highest BCUT2D eigenvalue weighted by atomic mass is 79.9. The van der Waals surface area contributed by atoms with E-state index in [1.54, 1.807) is 41.0 Å². The predicted octanol–water partition coefficient (Wildman–Crippen LogP) is 5.63. The SMILES string of the molecule is CS(=O)(=O)c1ccccc1S(=O)(=O)Nc1ccc(CNc2cc(-c3ccccc3Cl)nc3c(Br)cnn23)cc1. The van der Waals surface area contributed by atoms with E-state index in [1.807, 2.05) is 24.3 Å². The van der Waals surface area contributed by atoms with E-state index in [2.05, 4.69) is 31.1 Å². The van der Waals surface area contributed by atoms with Crippen LogP contribution in [-0.4, -0.2) is 37.7 Å². The van der Waals surface area contributed by atoms with Crippen LogP contribution < -0.4 is 10.0 Å². The van der Waals surface area contributed by atoms with Crippen molar-refractivity contribution in [2.45, 2.75) is 16.3 Å². The molecule has 0 saturated heterocycles. The predicted molar refractivity (Wildman–Crippen MR) is 155 cm³/mol. The van der Waals surface area contributed by atoms with Gasteiger partial charge in [-0.15, -0.1) is 0 Å². The molecule has 0 bridgehead atoms. The van der Waals surface area contributed by atoms with Gasteiger partial charge in [-0.2, -0.15) is 9.61 Å². The second kappa shape index (κ2) is 10.6. The lowest BCUT2D eigenvalue weighted by atomic mass is 10.1. The Bertz CT molecular complexity index is 1910. The fraction of sp³-hybridized carbons (Fsp3) is 0.0769. The van der Waals surface area contributed by atoms with Crippen LogP contribution in [0.3, 0.4) is 0 Å². The van der Waals surface area contributed by atoms with Gasteiger partial charge in [0.25, 0.3) is 10.0 Å². The number of fused-ring (bicyclic) bond motifs is 1. The Morgan fingerprint density at radius 1 is 0.923 bits per heavy atom. The lowest BCUT2D eigenvalue weighted by molar-refractivity contribution is 0.588. The fourth-order valence-corrected chi connectivity index (χ4v) is 7.21. The second-order valence-electron chi connectivity index (χ2n) is 8.61. The molecule has 0 spiro atoms. The maximum absolute atomic E-state index is 12.9. The highest BCUT2D eigenvalue weighted by Gasteiger charge is 2.23. The van der Waals surface area contributed by atoms with Gasteiger partial charge in [-0.1, -0.05) is 54.1 Å². The lowest BCUT2D eigenvalue weighted by Gasteiger charge is -2.13. The van der Waals surface area contributed by atoms with Crippen molar-refractivity contribution in [3.8, 4) is 11.3 Å².